The quantitative estimate of drug-likeness (QED) is 0.489. The second-order valence-electron chi connectivity index (χ2n) is 4.78. The number of hydrogen-bond donors (Lipinski definition) is 2. The fourth-order valence-electron chi connectivity index (χ4n) is 2.32. The molecule has 0 bridgehead atoms. The van der Waals surface area contributed by atoms with E-state index in [4.69, 9.17) is 5.11 Å². The van der Waals surface area contributed by atoms with Gasteiger partial charge >= 0.3 is 0 Å². The summed E-state index contributed by atoms with van der Waals surface area (Å²) in [5.74, 6) is -0.00236. The molecule has 1 rings (SSSR count). The lowest BCUT2D eigenvalue weighted by atomic mass is 9.98. The van der Waals surface area contributed by atoms with Crippen molar-refractivity contribution >= 4 is 0 Å². The van der Waals surface area contributed by atoms with E-state index in [0.29, 0.717) is 0 Å². The summed E-state index contributed by atoms with van der Waals surface area (Å²) in [6.45, 7) is 9.85. The molecule has 3 atom stereocenters. The molecule has 1 fully saturated rings. The van der Waals surface area contributed by atoms with Crippen LogP contribution in [-0.4, -0.2) is 53.1 Å². The zero-order valence-electron chi connectivity index (χ0n) is 9.61. The Kier molecular flexibility index (Phi) is 3.93. The number of rotatable bonds is 6. The first kappa shape index (κ1) is 12.0. The Labute approximate surface area is 86.9 Å². The summed E-state index contributed by atoms with van der Waals surface area (Å²) in [6.07, 6.45) is 0.805. The van der Waals surface area contributed by atoms with Crippen molar-refractivity contribution < 1.29 is 14.7 Å². The van der Waals surface area contributed by atoms with E-state index in [0.717, 1.165) is 11.0 Å². The molecule has 1 aliphatic rings. The molecule has 1 heterocycles. The van der Waals surface area contributed by atoms with Crippen LogP contribution in [0.4, 0.5) is 0 Å². The largest absolute Gasteiger partial charge is 0.396 e. The van der Waals surface area contributed by atoms with Crippen LogP contribution < -0.4 is 0 Å². The first-order chi connectivity index (χ1) is 6.57. The van der Waals surface area contributed by atoms with E-state index in [9.17, 15) is 5.11 Å². The minimum Gasteiger partial charge on any atom is -0.396 e. The van der Waals surface area contributed by atoms with E-state index >= 15 is 0 Å². The Morgan fingerprint density at radius 3 is 2.21 bits per heavy atom. The van der Waals surface area contributed by atoms with Gasteiger partial charge in [0.2, 0.25) is 0 Å². The van der Waals surface area contributed by atoms with Gasteiger partial charge in [-0.15, -0.1) is 0 Å². The van der Waals surface area contributed by atoms with E-state index in [2.05, 4.69) is 13.8 Å². The smallest absolute Gasteiger partial charge is 0.129 e. The fourth-order valence-corrected chi connectivity index (χ4v) is 2.32. The van der Waals surface area contributed by atoms with Crippen LogP contribution in [0, 0.1) is 5.92 Å². The van der Waals surface area contributed by atoms with Crippen LogP contribution >= 0.6 is 0 Å². The van der Waals surface area contributed by atoms with Crippen molar-refractivity contribution in [2.24, 2.45) is 5.92 Å². The molecule has 0 aromatic heterocycles. The highest BCUT2D eigenvalue weighted by molar-refractivity contribution is 4.76. The third-order valence-electron chi connectivity index (χ3n) is 3.70. The third kappa shape index (κ3) is 2.27. The van der Waals surface area contributed by atoms with Crippen LogP contribution in [0.25, 0.3) is 0 Å². The third-order valence-corrected chi connectivity index (χ3v) is 3.70. The first-order valence-electron chi connectivity index (χ1n) is 5.72. The molecule has 14 heavy (non-hydrogen) atoms. The van der Waals surface area contributed by atoms with Crippen molar-refractivity contribution in [2.45, 2.75) is 39.3 Å². The SMILES string of the molecule is CCC[N+]1(C(C)C(O)C(C)CO)CC1. The minimum atomic E-state index is -0.367. The zero-order valence-corrected chi connectivity index (χ0v) is 9.61. The van der Waals surface area contributed by atoms with E-state index < -0.39 is 0 Å². The van der Waals surface area contributed by atoms with Crippen LogP contribution in [-0.2, 0) is 0 Å². The van der Waals surface area contributed by atoms with Crippen molar-refractivity contribution in [3.05, 3.63) is 0 Å². The predicted molar refractivity (Wildman–Crippen MR) is 56.9 cm³/mol. The minimum absolute atomic E-state index is 0.00236. The highest BCUT2D eigenvalue weighted by Gasteiger charge is 2.49. The van der Waals surface area contributed by atoms with Crippen LogP contribution in [0.2, 0.25) is 0 Å². The lowest BCUT2D eigenvalue weighted by Crippen LogP contribution is -2.47. The van der Waals surface area contributed by atoms with Crippen molar-refractivity contribution in [1.29, 1.82) is 0 Å². The monoisotopic (exact) mass is 202 g/mol. The maximum absolute atomic E-state index is 10.0. The highest BCUT2D eigenvalue weighted by atomic mass is 16.3. The van der Waals surface area contributed by atoms with Crippen molar-refractivity contribution in [1.82, 2.24) is 0 Å². The molecule has 0 aromatic carbocycles. The van der Waals surface area contributed by atoms with Gasteiger partial charge in [0.15, 0.2) is 0 Å². The lowest BCUT2D eigenvalue weighted by Gasteiger charge is -2.31. The number of quaternary nitrogens is 1. The summed E-state index contributed by atoms with van der Waals surface area (Å²) in [6, 6.07) is 0.275. The van der Waals surface area contributed by atoms with E-state index in [1.54, 1.807) is 0 Å². The molecule has 1 aliphatic heterocycles. The molecule has 0 spiro atoms. The molecule has 0 aromatic rings. The first-order valence-corrected chi connectivity index (χ1v) is 5.72. The number of aliphatic hydroxyl groups is 2. The summed E-state index contributed by atoms with van der Waals surface area (Å²) in [7, 11) is 0. The Morgan fingerprint density at radius 2 is 1.86 bits per heavy atom. The maximum Gasteiger partial charge on any atom is 0.129 e. The Hall–Kier alpha value is -0.120. The Bertz CT molecular complexity index is 180. The van der Waals surface area contributed by atoms with E-state index in [1.165, 1.54) is 19.5 Å². The van der Waals surface area contributed by atoms with Crippen LogP contribution in [0.15, 0.2) is 0 Å². The molecule has 3 unspecified atom stereocenters. The summed E-state index contributed by atoms with van der Waals surface area (Å²) in [5, 5.41) is 19.0. The van der Waals surface area contributed by atoms with Gasteiger partial charge in [-0.2, -0.15) is 0 Å². The van der Waals surface area contributed by atoms with Crippen LogP contribution in [0.1, 0.15) is 27.2 Å². The van der Waals surface area contributed by atoms with E-state index in [-0.39, 0.29) is 24.7 Å². The van der Waals surface area contributed by atoms with Gasteiger partial charge in [0.1, 0.15) is 25.2 Å². The standard InChI is InChI=1S/C11H24NO2/c1-4-5-12(6-7-12)10(3)11(14)9(2)8-13/h9-11,13-14H,4-8H2,1-3H3/q+1. The Balaban J connectivity index is 2.51. The number of aliphatic hydroxyl groups excluding tert-OH is 2. The van der Waals surface area contributed by atoms with Gasteiger partial charge in [0.05, 0.1) is 6.54 Å². The molecule has 3 nitrogen and oxygen atoms in total. The van der Waals surface area contributed by atoms with Crippen LogP contribution in [0.5, 0.6) is 0 Å². The number of hydrogen-bond acceptors (Lipinski definition) is 2. The predicted octanol–water partition coefficient (Wildman–Crippen LogP) is 0.605. The molecule has 2 N–H and O–H groups in total. The van der Waals surface area contributed by atoms with Gasteiger partial charge in [-0.05, 0) is 13.3 Å². The molecular weight excluding hydrogens is 178 g/mol. The summed E-state index contributed by atoms with van der Waals surface area (Å²) in [5.41, 5.74) is 0. The topological polar surface area (TPSA) is 40.5 Å². The maximum atomic E-state index is 10.0. The number of nitrogens with zero attached hydrogens (tertiary/aromatic N) is 1. The summed E-state index contributed by atoms with van der Waals surface area (Å²) >= 11 is 0. The van der Waals surface area contributed by atoms with Crippen molar-refractivity contribution in [3.8, 4) is 0 Å². The molecule has 0 amide bonds. The second-order valence-corrected chi connectivity index (χ2v) is 4.78. The molecular formula is C11H24NO2+. The van der Waals surface area contributed by atoms with Gasteiger partial charge < -0.3 is 14.7 Å². The average molecular weight is 202 g/mol. The average Bonchev–Trinajstić information content (AvgIpc) is 2.96. The summed E-state index contributed by atoms with van der Waals surface area (Å²) in [4.78, 5) is 0. The lowest BCUT2D eigenvalue weighted by molar-refractivity contribution is -0.830. The van der Waals surface area contributed by atoms with Gasteiger partial charge in [-0.25, -0.2) is 0 Å². The molecule has 1 saturated heterocycles. The zero-order chi connectivity index (χ0) is 10.8. The molecule has 84 valence electrons. The normalized spacial score (nSPS) is 25.5. The molecule has 0 radical (unpaired) electrons. The van der Waals surface area contributed by atoms with Gasteiger partial charge in [-0.3, -0.25) is 0 Å². The highest BCUT2D eigenvalue weighted by Crippen LogP contribution is 2.30. The van der Waals surface area contributed by atoms with Gasteiger partial charge in [0.25, 0.3) is 0 Å². The molecule has 3 heteroatoms. The Morgan fingerprint density at radius 1 is 1.29 bits per heavy atom. The second kappa shape index (κ2) is 4.60. The summed E-state index contributed by atoms with van der Waals surface area (Å²) < 4.78 is 1.06. The van der Waals surface area contributed by atoms with Crippen molar-refractivity contribution in [3.63, 3.8) is 0 Å². The van der Waals surface area contributed by atoms with Crippen LogP contribution in [0.3, 0.4) is 0 Å². The van der Waals surface area contributed by atoms with Gasteiger partial charge in [0, 0.05) is 12.5 Å². The van der Waals surface area contributed by atoms with Crippen molar-refractivity contribution in [2.75, 3.05) is 26.2 Å². The molecule has 0 saturated carbocycles. The fraction of sp³-hybridized carbons (Fsp3) is 1.00. The van der Waals surface area contributed by atoms with E-state index in [1.807, 2.05) is 6.92 Å². The van der Waals surface area contributed by atoms with Gasteiger partial charge in [-0.1, -0.05) is 13.8 Å². The molecule has 0 aliphatic carbocycles.